The van der Waals surface area contributed by atoms with Crippen molar-refractivity contribution in [3.8, 4) is 16.9 Å². The van der Waals surface area contributed by atoms with Crippen LogP contribution in [0.15, 0.2) is 49.2 Å². The van der Waals surface area contributed by atoms with Gasteiger partial charge in [0.2, 0.25) is 0 Å². The van der Waals surface area contributed by atoms with Crippen LogP contribution in [-0.4, -0.2) is 55.8 Å². The van der Waals surface area contributed by atoms with Crippen molar-refractivity contribution in [1.82, 2.24) is 29.5 Å². The number of aromatic nitrogens is 6. The highest BCUT2D eigenvalue weighted by atomic mass is 16.5. The fourth-order valence-corrected chi connectivity index (χ4v) is 3.37. The monoisotopic (exact) mass is 361 g/mol. The van der Waals surface area contributed by atoms with E-state index >= 15 is 0 Å². The third-order valence-corrected chi connectivity index (χ3v) is 4.80. The molecule has 0 spiro atoms. The number of benzene rings is 1. The highest BCUT2D eigenvalue weighted by Crippen LogP contribution is 2.26. The molecule has 1 aliphatic rings. The van der Waals surface area contributed by atoms with Gasteiger partial charge in [0.15, 0.2) is 5.82 Å². The van der Waals surface area contributed by atoms with E-state index in [0.29, 0.717) is 0 Å². The van der Waals surface area contributed by atoms with Crippen LogP contribution < -0.4 is 4.90 Å². The van der Waals surface area contributed by atoms with E-state index < -0.39 is 0 Å². The fraction of sp³-hybridized carbons (Fsp3) is 0.263. The normalized spacial score (nSPS) is 14.8. The maximum Gasteiger partial charge on any atom is 0.159 e. The number of fused-ring (bicyclic) bond motifs is 1. The van der Waals surface area contributed by atoms with Crippen molar-refractivity contribution in [2.45, 2.75) is 0 Å². The van der Waals surface area contributed by atoms with Crippen LogP contribution in [0.1, 0.15) is 0 Å². The van der Waals surface area contributed by atoms with E-state index in [2.05, 4.69) is 43.3 Å². The summed E-state index contributed by atoms with van der Waals surface area (Å²) in [6, 6.07) is 8.26. The summed E-state index contributed by atoms with van der Waals surface area (Å²) in [5, 5.41) is 9.88. The Hall–Kier alpha value is -3.26. The summed E-state index contributed by atoms with van der Waals surface area (Å²) in [5.41, 5.74) is 3.17. The van der Waals surface area contributed by atoms with Crippen LogP contribution >= 0.6 is 0 Å². The molecule has 27 heavy (non-hydrogen) atoms. The average Bonchev–Trinajstić information content (AvgIpc) is 3.34. The number of aryl methyl sites for hydroxylation is 1. The first-order chi connectivity index (χ1) is 13.3. The molecule has 1 aliphatic heterocycles. The Morgan fingerprint density at radius 2 is 1.78 bits per heavy atom. The maximum absolute atomic E-state index is 5.43. The second kappa shape index (κ2) is 6.48. The van der Waals surface area contributed by atoms with Crippen molar-refractivity contribution in [2.75, 3.05) is 31.2 Å². The molecule has 0 unspecified atom stereocenters. The van der Waals surface area contributed by atoms with Gasteiger partial charge in [-0.15, -0.1) is 0 Å². The van der Waals surface area contributed by atoms with Crippen LogP contribution in [0.3, 0.4) is 0 Å². The third kappa shape index (κ3) is 2.93. The molecule has 0 amide bonds. The topological polar surface area (TPSA) is 73.9 Å². The summed E-state index contributed by atoms with van der Waals surface area (Å²) in [7, 11) is 1.92. The van der Waals surface area contributed by atoms with Crippen LogP contribution in [0.2, 0.25) is 0 Å². The Labute approximate surface area is 156 Å². The molecule has 1 aromatic carbocycles. The minimum atomic E-state index is 0.721. The predicted octanol–water partition coefficient (Wildman–Crippen LogP) is 2.05. The molecule has 1 fully saturated rings. The van der Waals surface area contributed by atoms with Gasteiger partial charge >= 0.3 is 0 Å². The molecule has 4 aromatic rings. The largest absolute Gasteiger partial charge is 0.378 e. The van der Waals surface area contributed by atoms with Crippen molar-refractivity contribution >= 4 is 16.7 Å². The van der Waals surface area contributed by atoms with E-state index in [0.717, 1.165) is 60.0 Å². The van der Waals surface area contributed by atoms with E-state index in [4.69, 9.17) is 4.74 Å². The van der Waals surface area contributed by atoms with Crippen molar-refractivity contribution in [3.63, 3.8) is 0 Å². The Morgan fingerprint density at radius 1 is 0.926 bits per heavy atom. The van der Waals surface area contributed by atoms with Gasteiger partial charge in [0.1, 0.15) is 12.1 Å². The van der Waals surface area contributed by atoms with Gasteiger partial charge in [0.05, 0.1) is 31.1 Å². The van der Waals surface area contributed by atoms with Gasteiger partial charge in [-0.05, 0) is 11.6 Å². The molecule has 8 nitrogen and oxygen atoms in total. The summed E-state index contributed by atoms with van der Waals surface area (Å²) < 4.78 is 9.09. The van der Waals surface area contributed by atoms with Gasteiger partial charge < -0.3 is 9.64 Å². The molecule has 4 heterocycles. The second-order valence-corrected chi connectivity index (χ2v) is 6.57. The van der Waals surface area contributed by atoms with Crippen molar-refractivity contribution in [1.29, 1.82) is 0 Å². The Morgan fingerprint density at radius 3 is 2.59 bits per heavy atom. The van der Waals surface area contributed by atoms with E-state index in [1.165, 1.54) is 0 Å². The molecular formula is C19H19N7O. The van der Waals surface area contributed by atoms with Crippen LogP contribution in [0.25, 0.3) is 27.8 Å². The SMILES string of the molecule is Cn1cc(-c2ccc3cnn(-c4cc(N5CCOCC5)ncn4)c3c2)cn1. The highest BCUT2D eigenvalue weighted by Gasteiger charge is 2.15. The summed E-state index contributed by atoms with van der Waals surface area (Å²) in [6.07, 6.45) is 7.32. The van der Waals surface area contributed by atoms with Gasteiger partial charge in [0, 0.05) is 43.4 Å². The van der Waals surface area contributed by atoms with E-state index in [1.54, 1.807) is 11.0 Å². The van der Waals surface area contributed by atoms with Gasteiger partial charge in [-0.1, -0.05) is 12.1 Å². The van der Waals surface area contributed by atoms with Gasteiger partial charge in [-0.25, -0.2) is 14.6 Å². The molecule has 0 atom stereocenters. The number of anilines is 1. The van der Waals surface area contributed by atoms with Crippen LogP contribution in [-0.2, 0) is 11.8 Å². The third-order valence-electron chi connectivity index (χ3n) is 4.80. The molecular weight excluding hydrogens is 342 g/mol. The average molecular weight is 361 g/mol. The zero-order chi connectivity index (χ0) is 18.2. The van der Waals surface area contributed by atoms with Crippen LogP contribution in [0.5, 0.6) is 0 Å². The predicted molar refractivity (Wildman–Crippen MR) is 102 cm³/mol. The van der Waals surface area contributed by atoms with E-state index in [-0.39, 0.29) is 0 Å². The first-order valence-electron chi connectivity index (χ1n) is 8.90. The minimum Gasteiger partial charge on any atom is -0.378 e. The lowest BCUT2D eigenvalue weighted by Gasteiger charge is -2.27. The molecule has 0 saturated carbocycles. The Kier molecular flexibility index (Phi) is 3.83. The van der Waals surface area contributed by atoms with Crippen molar-refractivity contribution in [3.05, 3.63) is 49.2 Å². The van der Waals surface area contributed by atoms with Gasteiger partial charge in [-0.2, -0.15) is 10.2 Å². The molecule has 1 saturated heterocycles. The zero-order valence-electron chi connectivity index (χ0n) is 15.0. The van der Waals surface area contributed by atoms with Crippen molar-refractivity contribution in [2.24, 2.45) is 7.05 Å². The molecule has 3 aromatic heterocycles. The lowest BCUT2D eigenvalue weighted by atomic mass is 10.1. The standard InChI is InChI=1S/C19H19N7O/c1-24-12-16(11-22-24)14-2-3-15-10-23-26(17(15)8-14)19-9-18(20-13-21-19)25-4-6-27-7-5-25/h2-3,8-13H,4-7H2,1H3. The molecule has 136 valence electrons. The van der Waals surface area contributed by atoms with Crippen LogP contribution in [0, 0.1) is 0 Å². The van der Waals surface area contributed by atoms with Gasteiger partial charge in [0.25, 0.3) is 0 Å². The smallest absolute Gasteiger partial charge is 0.159 e. The summed E-state index contributed by atoms with van der Waals surface area (Å²) in [5.74, 6) is 1.65. The molecule has 0 radical (unpaired) electrons. The summed E-state index contributed by atoms with van der Waals surface area (Å²) in [6.45, 7) is 3.11. The molecule has 8 heteroatoms. The number of hydrogen-bond acceptors (Lipinski definition) is 6. The highest BCUT2D eigenvalue weighted by molar-refractivity contribution is 5.85. The zero-order valence-corrected chi connectivity index (χ0v) is 15.0. The fourth-order valence-electron chi connectivity index (χ4n) is 3.37. The van der Waals surface area contributed by atoms with E-state index in [9.17, 15) is 0 Å². The van der Waals surface area contributed by atoms with Crippen molar-refractivity contribution < 1.29 is 4.74 Å². The van der Waals surface area contributed by atoms with E-state index in [1.807, 2.05) is 36.4 Å². The summed E-state index contributed by atoms with van der Waals surface area (Å²) in [4.78, 5) is 11.1. The van der Waals surface area contributed by atoms with Crippen LogP contribution in [0.4, 0.5) is 5.82 Å². The lowest BCUT2D eigenvalue weighted by Crippen LogP contribution is -2.36. The first-order valence-corrected chi connectivity index (χ1v) is 8.90. The van der Waals surface area contributed by atoms with Gasteiger partial charge in [-0.3, -0.25) is 4.68 Å². The number of hydrogen-bond donors (Lipinski definition) is 0. The minimum absolute atomic E-state index is 0.721. The number of ether oxygens (including phenoxy) is 1. The molecule has 0 aliphatic carbocycles. The quantitative estimate of drug-likeness (QED) is 0.556. The summed E-state index contributed by atoms with van der Waals surface area (Å²) >= 11 is 0. The molecule has 5 rings (SSSR count). The second-order valence-electron chi connectivity index (χ2n) is 6.57. The lowest BCUT2D eigenvalue weighted by molar-refractivity contribution is 0.122. The number of morpholine rings is 1. The Bertz CT molecular complexity index is 1090. The maximum atomic E-state index is 5.43. The number of rotatable bonds is 3. The Balaban J connectivity index is 1.56. The molecule has 0 N–H and O–H groups in total. The number of nitrogens with zero attached hydrogens (tertiary/aromatic N) is 7. The first kappa shape index (κ1) is 16.0. The molecule has 0 bridgehead atoms.